The van der Waals surface area contributed by atoms with E-state index in [0.29, 0.717) is 32.4 Å². The van der Waals surface area contributed by atoms with Gasteiger partial charge in [0.2, 0.25) is 0 Å². The summed E-state index contributed by atoms with van der Waals surface area (Å²) in [4.78, 5) is 33.7. The van der Waals surface area contributed by atoms with Gasteiger partial charge in [0.05, 0.1) is 28.0 Å². The number of carbonyl (C=O) groups excluding carboxylic acids is 2. The Labute approximate surface area is 264 Å². The maximum atomic E-state index is 13.6. The van der Waals surface area contributed by atoms with Gasteiger partial charge in [-0.25, -0.2) is 4.98 Å². The molecule has 0 bridgehead atoms. The standard InChI is InChI=1S/C28H31ClF6N8O3/c1-40-21(19-14-43(15-27(30,31)32)39-22(19)28(33,34)35)13-37-23(40)24(44)38-17-2-3-18(20(29)12-17)26(46)42-10-8-41(9-11-42)25(45)16-4-6-36-7-5-16/h2-3,12-14,16,25,36,45H,4-11,15H2,1H3,(H,38,44). The van der Waals surface area contributed by atoms with Crippen molar-refractivity contribution in [3.63, 3.8) is 0 Å². The topological polar surface area (TPSA) is 121 Å². The highest BCUT2D eigenvalue weighted by Crippen LogP contribution is 2.37. The zero-order valence-corrected chi connectivity index (χ0v) is 25.3. The summed E-state index contributed by atoms with van der Waals surface area (Å²) in [6.07, 6.45) is -7.15. The Bertz CT molecular complexity index is 1580. The van der Waals surface area contributed by atoms with Crippen molar-refractivity contribution in [2.24, 2.45) is 13.0 Å². The largest absolute Gasteiger partial charge is 0.435 e. The summed E-state index contributed by atoms with van der Waals surface area (Å²) in [5.74, 6) is -1.33. The summed E-state index contributed by atoms with van der Waals surface area (Å²) < 4.78 is 80.4. The maximum absolute atomic E-state index is 13.6. The van der Waals surface area contributed by atoms with Gasteiger partial charge in [0.15, 0.2) is 11.5 Å². The van der Waals surface area contributed by atoms with Gasteiger partial charge in [-0.15, -0.1) is 0 Å². The molecule has 5 rings (SSSR count). The SMILES string of the molecule is Cn1c(-c2cn(CC(F)(F)F)nc2C(F)(F)F)cnc1C(=O)Nc1ccc(C(=O)N2CCN(C(O)C3CCNCC3)CC2)c(Cl)c1. The zero-order valence-electron chi connectivity index (χ0n) is 24.5. The van der Waals surface area contributed by atoms with Crippen molar-refractivity contribution in [2.45, 2.75) is 38.0 Å². The van der Waals surface area contributed by atoms with Crippen molar-refractivity contribution in [3.8, 4) is 11.3 Å². The first-order valence-electron chi connectivity index (χ1n) is 14.4. The average molecular weight is 677 g/mol. The Balaban J connectivity index is 1.25. The molecular weight excluding hydrogens is 646 g/mol. The van der Waals surface area contributed by atoms with Crippen LogP contribution in [-0.4, -0.2) is 97.7 Å². The number of nitrogens with one attached hydrogen (secondary N) is 2. The average Bonchev–Trinajstić information content (AvgIpc) is 3.59. The van der Waals surface area contributed by atoms with Crippen LogP contribution in [0.25, 0.3) is 11.3 Å². The summed E-state index contributed by atoms with van der Waals surface area (Å²) in [5, 5.41) is 19.7. The number of halogens is 7. The molecule has 2 amide bonds. The molecule has 18 heteroatoms. The van der Waals surface area contributed by atoms with Gasteiger partial charge < -0.3 is 25.2 Å². The fourth-order valence-corrected chi connectivity index (χ4v) is 5.97. The van der Waals surface area contributed by atoms with Gasteiger partial charge in [0.1, 0.15) is 12.8 Å². The number of carbonyl (C=O) groups is 2. The van der Waals surface area contributed by atoms with E-state index in [4.69, 9.17) is 11.6 Å². The molecule has 2 aliphatic rings. The normalized spacial score (nSPS) is 17.7. The second-order valence-electron chi connectivity index (χ2n) is 11.2. The highest BCUT2D eigenvalue weighted by molar-refractivity contribution is 6.34. The van der Waals surface area contributed by atoms with Gasteiger partial charge in [-0.2, -0.15) is 31.4 Å². The summed E-state index contributed by atoms with van der Waals surface area (Å²) in [7, 11) is 1.23. The van der Waals surface area contributed by atoms with Gasteiger partial charge in [-0.05, 0) is 44.1 Å². The van der Waals surface area contributed by atoms with E-state index in [1.807, 2.05) is 4.90 Å². The Hall–Kier alpha value is -3.67. The highest BCUT2D eigenvalue weighted by Gasteiger charge is 2.40. The minimum atomic E-state index is -5.07. The second-order valence-corrected chi connectivity index (χ2v) is 11.6. The first-order valence-corrected chi connectivity index (χ1v) is 14.8. The van der Waals surface area contributed by atoms with Gasteiger partial charge in [0, 0.05) is 51.0 Å². The number of aliphatic hydroxyl groups excluding tert-OH is 1. The third-order valence-corrected chi connectivity index (χ3v) is 8.39. The number of hydrogen-bond acceptors (Lipinski definition) is 7. The van der Waals surface area contributed by atoms with Crippen LogP contribution < -0.4 is 10.6 Å². The molecule has 0 spiro atoms. The Morgan fingerprint density at radius 1 is 1.11 bits per heavy atom. The van der Waals surface area contributed by atoms with E-state index in [1.165, 1.54) is 25.2 Å². The monoisotopic (exact) mass is 676 g/mol. The molecule has 2 aromatic heterocycles. The molecule has 2 aliphatic heterocycles. The minimum absolute atomic E-state index is 0.0485. The van der Waals surface area contributed by atoms with E-state index in [-0.39, 0.29) is 44.3 Å². The van der Waals surface area contributed by atoms with Crippen LogP contribution in [0.4, 0.5) is 32.0 Å². The van der Waals surface area contributed by atoms with Gasteiger partial charge in [-0.1, -0.05) is 11.6 Å². The van der Waals surface area contributed by atoms with Crippen LogP contribution in [0, 0.1) is 5.92 Å². The quantitative estimate of drug-likeness (QED) is 0.326. The third-order valence-electron chi connectivity index (χ3n) is 8.08. The number of piperazine rings is 1. The smallest absolute Gasteiger partial charge is 0.378 e. The molecular formula is C28H31ClF6N8O3. The van der Waals surface area contributed by atoms with Crippen molar-refractivity contribution in [1.29, 1.82) is 0 Å². The molecule has 46 heavy (non-hydrogen) atoms. The first kappa shape index (κ1) is 33.7. The van der Waals surface area contributed by atoms with Crippen LogP contribution in [0.5, 0.6) is 0 Å². The van der Waals surface area contributed by atoms with Crippen molar-refractivity contribution in [3.05, 3.63) is 52.7 Å². The number of alkyl halides is 6. The number of imidazole rings is 1. The predicted molar refractivity (Wildman–Crippen MR) is 154 cm³/mol. The Kier molecular flexibility index (Phi) is 9.68. The molecule has 0 aliphatic carbocycles. The molecule has 3 N–H and O–H groups in total. The number of hydrogen-bond donors (Lipinski definition) is 3. The van der Waals surface area contributed by atoms with E-state index in [2.05, 4.69) is 20.7 Å². The first-order chi connectivity index (χ1) is 21.6. The van der Waals surface area contributed by atoms with Crippen LogP contribution in [-0.2, 0) is 19.8 Å². The molecule has 11 nitrogen and oxygen atoms in total. The molecule has 2 saturated heterocycles. The maximum Gasteiger partial charge on any atom is 0.435 e. The van der Waals surface area contributed by atoms with E-state index in [1.54, 1.807) is 4.90 Å². The lowest BCUT2D eigenvalue weighted by Gasteiger charge is -2.40. The van der Waals surface area contributed by atoms with Crippen LogP contribution in [0.15, 0.2) is 30.6 Å². The fraction of sp³-hybridized carbons (Fsp3) is 0.500. The van der Waals surface area contributed by atoms with Crippen LogP contribution in [0.3, 0.4) is 0 Å². The predicted octanol–water partition coefficient (Wildman–Crippen LogP) is 3.85. The summed E-state index contributed by atoms with van der Waals surface area (Å²) in [5.41, 5.74) is -2.16. The lowest BCUT2D eigenvalue weighted by molar-refractivity contribution is -0.148. The van der Waals surface area contributed by atoms with Gasteiger partial charge in [-0.3, -0.25) is 19.2 Å². The number of rotatable bonds is 7. The fourth-order valence-electron chi connectivity index (χ4n) is 5.71. The molecule has 1 aromatic carbocycles. The van der Waals surface area contributed by atoms with Crippen LogP contribution in [0.1, 0.15) is 39.5 Å². The van der Waals surface area contributed by atoms with Gasteiger partial charge in [0.25, 0.3) is 11.8 Å². The van der Waals surface area contributed by atoms with Crippen LogP contribution >= 0.6 is 11.6 Å². The van der Waals surface area contributed by atoms with Gasteiger partial charge >= 0.3 is 12.4 Å². The van der Waals surface area contributed by atoms with Crippen LogP contribution in [0.2, 0.25) is 5.02 Å². The molecule has 250 valence electrons. The van der Waals surface area contributed by atoms with E-state index in [0.717, 1.165) is 36.7 Å². The summed E-state index contributed by atoms with van der Waals surface area (Å²) in [6.45, 7) is 1.77. The van der Waals surface area contributed by atoms with Crippen molar-refractivity contribution >= 4 is 29.1 Å². The molecule has 4 heterocycles. The zero-order chi connectivity index (χ0) is 33.4. The number of benzene rings is 1. The Morgan fingerprint density at radius 2 is 1.78 bits per heavy atom. The van der Waals surface area contributed by atoms with E-state index < -0.39 is 42.3 Å². The van der Waals surface area contributed by atoms with Crippen molar-refractivity contribution < 1.29 is 41.0 Å². The lowest BCUT2D eigenvalue weighted by Crippen LogP contribution is -2.54. The molecule has 0 saturated carbocycles. The Morgan fingerprint density at radius 3 is 2.39 bits per heavy atom. The number of piperidine rings is 1. The minimum Gasteiger partial charge on any atom is -0.378 e. The lowest BCUT2D eigenvalue weighted by atomic mass is 9.95. The molecule has 1 unspecified atom stereocenters. The molecule has 1 atom stereocenters. The summed E-state index contributed by atoms with van der Waals surface area (Å²) in [6, 6.07) is 4.21. The van der Waals surface area contributed by atoms with Crippen molar-refractivity contribution in [2.75, 3.05) is 44.6 Å². The molecule has 0 radical (unpaired) electrons. The molecule has 2 fully saturated rings. The number of aromatic nitrogens is 4. The highest BCUT2D eigenvalue weighted by atomic mass is 35.5. The van der Waals surface area contributed by atoms with Crippen molar-refractivity contribution in [1.82, 2.24) is 34.4 Å². The number of amides is 2. The summed E-state index contributed by atoms with van der Waals surface area (Å²) >= 11 is 6.41. The van der Waals surface area contributed by atoms with E-state index in [9.17, 15) is 41.0 Å². The number of aliphatic hydroxyl groups is 1. The third kappa shape index (κ3) is 7.48. The molecule has 3 aromatic rings. The number of nitrogens with zero attached hydrogens (tertiary/aromatic N) is 6. The van der Waals surface area contributed by atoms with E-state index >= 15 is 0 Å². The number of anilines is 1. The second kappa shape index (κ2) is 13.2.